The zero-order chi connectivity index (χ0) is 12.8. The maximum Gasteiger partial charge on any atom is 0.165 e. The van der Waals surface area contributed by atoms with Crippen LogP contribution in [-0.4, -0.2) is 13.7 Å². The molecule has 0 N–H and O–H groups in total. The average molecular weight is 322 g/mol. The molecule has 0 aliphatic rings. The van der Waals surface area contributed by atoms with Crippen LogP contribution in [0.25, 0.3) is 0 Å². The van der Waals surface area contributed by atoms with E-state index in [9.17, 15) is 0 Å². The normalized spacial score (nSPS) is 10.7. The van der Waals surface area contributed by atoms with E-state index in [1.54, 1.807) is 13.2 Å². The molecule has 96 valence electrons. The molecule has 0 atom stereocenters. The molecule has 1 aromatic rings. The van der Waals surface area contributed by atoms with E-state index in [0.29, 0.717) is 28.6 Å². The van der Waals surface area contributed by atoms with Gasteiger partial charge < -0.3 is 9.47 Å². The average Bonchev–Trinajstić information content (AvgIpc) is 2.29. The summed E-state index contributed by atoms with van der Waals surface area (Å²) in [5.74, 6) is 2.10. The standard InChI is InChI=1S/C13H18BrClO2/c1-9(2)4-5-17-13-10(8-14)6-11(15)7-12(13)16-3/h6-7,9H,4-5,8H2,1-3H3. The third kappa shape index (κ3) is 4.40. The molecule has 0 aliphatic heterocycles. The van der Waals surface area contributed by atoms with Crippen molar-refractivity contribution in [1.29, 1.82) is 0 Å². The van der Waals surface area contributed by atoms with Crippen LogP contribution in [0.5, 0.6) is 11.5 Å². The molecule has 0 aliphatic carbocycles. The molecule has 0 saturated carbocycles. The fourth-order valence-corrected chi connectivity index (χ4v) is 2.08. The predicted molar refractivity (Wildman–Crippen MR) is 75.6 cm³/mol. The van der Waals surface area contributed by atoms with Crippen LogP contribution in [-0.2, 0) is 5.33 Å². The van der Waals surface area contributed by atoms with Crippen LogP contribution in [0.4, 0.5) is 0 Å². The number of halogens is 2. The number of alkyl halides is 1. The Kier molecular flexibility index (Phi) is 6.14. The summed E-state index contributed by atoms with van der Waals surface area (Å²) in [7, 11) is 1.62. The first-order valence-electron chi connectivity index (χ1n) is 5.63. The lowest BCUT2D eigenvalue weighted by atomic mass is 10.1. The Balaban J connectivity index is 2.87. The van der Waals surface area contributed by atoms with Gasteiger partial charge in [0.05, 0.1) is 13.7 Å². The third-order valence-corrected chi connectivity index (χ3v) is 3.22. The van der Waals surface area contributed by atoms with E-state index >= 15 is 0 Å². The zero-order valence-corrected chi connectivity index (χ0v) is 12.8. The summed E-state index contributed by atoms with van der Waals surface area (Å²) in [6.45, 7) is 5.04. The maximum absolute atomic E-state index is 6.01. The van der Waals surface area contributed by atoms with E-state index in [0.717, 1.165) is 17.7 Å². The van der Waals surface area contributed by atoms with Crippen molar-refractivity contribution in [2.45, 2.75) is 25.6 Å². The molecule has 0 fully saturated rings. The molecular weight excluding hydrogens is 303 g/mol. The lowest BCUT2D eigenvalue weighted by Crippen LogP contribution is -2.04. The Labute approximate surface area is 116 Å². The SMILES string of the molecule is COc1cc(Cl)cc(CBr)c1OCCC(C)C. The molecule has 0 aromatic heterocycles. The van der Waals surface area contributed by atoms with Gasteiger partial charge in [0.2, 0.25) is 0 Å². The van der Waals surface area contributed by atoms with Gasteiger partial charge >= 0.3 is 0 Å². The van der Waals surface area contributed by atoms with Gasteiger partial charge in [0.25, 0.3) is 0 Å². The van der Waals surface area contributed by atoms with E-state index in [2.05, 4.69) is 29.8 Å². The summed E-state index contributed by atoms with van der Waals surface area (Å²) in [6, 6.07) is 3.67. The summed E-state index contributed by atoms with van der Waals surface area (Å²) >= 11 is 9.44. The fourth-order valence-electron chi connectivity index (χ4n) is 1.43. The minimum Gasteiger partial charge on any atom is -0.493 e. The summed E-state index contributed by atoms with van der Waals surface area (Å²) in [5, 5.41) is 1.36. The Bertz CT molecular complexity index is 341. The highest BCUT2D eigenvalue weighted by Crippen LogP contribution is 2.36. The Morgan fingerprint density at radius 2 is 2.06 bits per heavy atom. The van der Waals surface area contributed by atoms with Crippen LogP contribution in [0.2, 0.25) is 5.02 Å². The topological polar surface area (TPSA) is 18.5 Å². The number of benzene rings is 1. The van der Waals surface area contributed by atoms with Crippen LogP contribution in [0, 0.1) is 5.92 Å². The van der Waals surface area contributed by atoms with Gasteiger partial charge in [0.1, 0.15) is 0 Å². The molecule has 0 amide bonds. The molecule has 0 heterocycles. The second-order valence-corrected chi connectivity index (χ2v) is 5.26. The molecule has 17 heavy (non-hydrogen) atoms. The first-order chi connectivity index (χ1) is 8.08. The first-order valence-corrected chi connectivity index (χ1v) is 7.13. The third-order valence-electron chi connectivity index (χ3n) is 2.40. The van der Waals surface area contributed by atoms with Crippen LogP contribution in [0.1, 0.15) is 25.8 Å². The zero-order valence-electron chi connectivity index (χ0n) is 10.4. The van der Waals surface area contributed by atoms with Crippen molar-refractivity contribution in [2.24, 2.45) is 5.92 Å². The van der Waals surface area contributed by atoms with Crippen LogP contribution in [0.15, 0.2) is 12.1 Å². The molecule has 2 nitrogen and oxygen atoms in total. The summed E-state index contributed by atoms with van der Waals surface area (Å²) < 4.78 is 11.1. The smallest absolute Gasteiger partial charge is 0.165 e. The number of hydrogen-bond donors (Lipinski definition) is 0. The highest BCUT2D eigenvalue weighted by Gasteiger charge is 2.12. The van der Waals surface area contributed by atoms with Crippen LogP contribution in [0.3, 0.4) is 0 Å². The van der Waals surface area contributed by atoms with Gasteiger partial charge in [0.15, 0.2) is 11.5 Å². The molecule has 0 bridgehead atoms. The largest absolute Gasteiger partial charge is 0.493 e. The van der Waals surface area contributed by atoms with Crippen molar-refractivity contribution in [2.75, 3.05) is 13.7 Å². The molecule has 1 rings (SSSR count). The lowest BCUT2D eigenvalue weighted by molar-refractivity contribution is 0.271. The van der Waals surface area contributed by atoms with Crippen molar-refractivity contribution >= 4 is 27.5 Å². The molecule has 0 saturated heterocycles. The van der Waals surface area contributed by atoms with Crippen molar-refractivity contribution in [1.82, 2.24) is 0 Å². The number of hydrogen-bond acceptors (Lipinski definition) is 2. The highest BCUT2D eigenvalue weighted by atomic mass is 79.9. The van der Waals surface area contributed by atoms with E-state index < -0.39 is 0 Å². The van der Waals surface area contributed by atoms with Gasteiger partial charge in [-0.2, -0.15) is 0 Å². The van der Waals surface area contributed by atoms with E-state index in [1.165, 1.54) is 0 Å². The number of rotatable bonds is 6. The second-order valence-electron chi connectivity index (χ2n) is 4.26. The van der Waals surface area contributed by atoms with Crippen molar-refractivity contribution in [3.05, 3.63) is 22.7 Å². The van der Waals surface area contributed by atoms with Gasteiger partial charge in [-0.05, 0) is 18.4 Å². The maximum atomic E-state index is 6.01. The van der Waals surface area contributed by atoms with Crippen molar-refractivity contribution < 1.29 is 9.47 Å². The highest BCUT2D eigenvalue weighted by molar-refractivity contribution is 9.08. The monoisotopic (exact) mass is 320 g/mol. The van der Waals surface area contributed by atoms with Gasteiger partial charge in [0, 0.05) is 22.0 Å². The van der Waals surface area contributed by atoms with Crippen LogP contribution < -0.4 is 9.47 Å². The first kappa shape index (κ1) is 14.7. The van der Waals surface area contributed by atoms with Gasteiger partial charge in [-0.3, -0.25) is 0 Å². The van der Waals surface area contributed by atoms with E-state index in [4.69, 9.17) is 21.1 Å². The molecule has 0 spiro atoms. The second kappa shape index (κ2) is 7.12. The quantitative estimate of drug-likeness (QED) is 0.709. The molecule has 4 heteroatoms. The predicted octanol–water partition coefficient (Wildman–Crippen LogP) is 4.67. The van der Waals surface area contributed by atoms with E-state index in [-0.39, 0.29) is 0 Å². The molecule has 0 unspecified atom stereocenters. The fraction of sp³-hybridized carbons (Fsp3) is 0.538. The molecule has 1 aromatic carbocycles. The van der Waals surface area contributed by atoms with Gasteiger partial charge in [-0.25, -0.2) is 0 Å². The molecular formula is C13H18BrClO2. The summed E-state index contributed by atoms with van der Waals surface area (Å²) in [5.41, 5.74) is 1.01. The number of methoxy groups -OCH3 is 1. The minimum absolute atomic E-state index is 0.626. The van der Waals surface area contributed by atoms with Gasteiger partial charge in [-0.1, -0.05) is 41.4 Å². The summed E-state index contributed by atoms with van der Waals surface area (Å²) in [4.78, 5) is 0. The Morgan fingerprint density at radius 3 is 2.59 bits per heavy atom. The van der Waals surface area contributed by atoms with Gasteiger partial charge in [-0.15, -0.1) is 0 Å². The number of ether oxygens (including phenoxy) is 2. The van der Waals surface area contributed by atoms with Crippen LogP contribution >= 0.6 is 27.5 Å². The minimum atomic E-state index is 0.626. The molecule has 0 radical (unpaired) electrons. The van der Waals surface area contributed by atoms with Crippen molar-refractivity contribution in [3.63, 3.8) is 0 Å². The van der Waals surface area contributed by atoms with E-state index in [1.807, 2.05) is 6.07 Å². The Hall–Kier alpha value is -0.410. The summed E-state index contributed by atoms with van der Waals surface area (Å²) in [6.07, 6.45) is 1.02. The lowest BCUT2D eigenvalue weighted by Gasteiger charge is -2.15. The Morgan fingerprint density at radius 1 is 1.35 bits per heavy atom. The van der Waals surface area contributed by atoms with Crippen molar-refractivity contribution in [3.8, 4) is 11.5 Å².